The SMILES string of the molecule is COc1cccc(N(C)CCN(C)C)c1C(C)=O. The second-order valence-corrected chi connectivity index (χ2v) is 4.64. The van der Waals surface area contributed by atoms with Crippen molar-refractivity contribution >= 4 is 11.5 Å². The Morgan fingerprint density at radius 2 is 1.89 bits per heavy atom. The second kappa shape index (κ2) is 6.40. The Morgan fingerprint density at radius 1 is 1.22 bits per heavy atom. The van der Waals surface area contributed by atoms with Gasteiger partial charge in [0.25, 0.3) is 0 Å². The van der Waals surface area contributed by atoms with Gasteiger partial charge in [0.15, 0.2) is 5.78 Å². The fourth-order valence-corrected chi connectivity index (χ4v) is 1.83. The molecule has 0 spiro atoms. The summed E-state index contributed by atoms with van der Waals surface area (Å²) in [5, 5.41) is 0. The molecule has 0 N–H and O–H groups in total. The maximum atomic E-state index is 11.8. The van der Waals surface area contributed by atoms with Gasteiger partial charge in [0.1, 0.15) is 5.75 Å². The number of Topliss-reactive ketones (excluding diaryl/α,β-unsaturated/α-hetero) is 1. The first-order chi connectivity index (χ1) is 8.47. The summed E-state index contributed by atoms with van der Waals surface area (Å²) < 4.78 is 5.27. The lowest BCUT2D eigenvalue weighted by Crippen LogP contribution is -2.29. The molecule has 0 amide bonds. The number of carbonyl (C=O) groups is 1. The minimum Gasteiger partial charge on any atom is -0.496 e. The van der Waals surface area contributed by atoms with Gasteiger partial charge in [0, 0.05) is 20.1 Å². The molecule has 0 fully saturated rings. The van der Waals surface area contributed by atoms with E-state index >= 15 is 0 Å². The number of carbonyl (C=O) groups excluding carboxylic acids is 1. The van der Waals surface area contributed by atoms with Crippen molar-refractivity contribution in [2.45, 2.75) is 6.92 Å². The monoisotopic (exact) mass is 250 g/mol. The van der Waals surface area contributed by atoms with Crippen molar-refractivity contribution in [1.29, 1.82) is 0 Å². The average Bonchev–Trinajstić information content (AvgIpc) is 2.34. The summed E-state index contributed by atoms with van der Waals surface area (Å²) in [4.78, 5) is 16.0. The lowest BCUT2D eigenvalue weighted by molar-refractivity contribution is 0.101. The van der Waals surface area contributed by atoms with Gasteiger partial charge in [-0.3, -0.25) is 4.79 Å². The largest absolute Gasteiger partial charge is 0.496 e. The quantitative estimate of drug-likeness (QED) is 0.722. The number of hydrogen-bond acceptors (Lipinski definition) is 4. The molecule has 0 atom stereocenters. The fraction of sp³-hybridized carbons (Fsp3) is 0.500. The summed E-state index contributed by atoms with van der Waals surface area (Å²) in [5.74, 6) is 0.663. The Morgan fingerprint density at radius 3 is 2.39 bits per heavy atom. The fourth-order valence-electron chi connectivity index (χ4n) is 1.83. The van der Waals surface area contributed by atoms with Crippen molar-refractivity contribution in [3.63, 3.8) is 0 Å². The highest BCUT2D eigenvalue weighted by atomic mass is 16.5. The van der Waals surface area contributed by atoms with Gasteiger partial charge >= 0.3 is 0 Å². The molecule has 4 heteroatoms. The van der Waals surface area contributed by atoms with Crippen LogP contribution in [0.1, 0.15) is 17.3 Å². The van der Waals surface area contributed by atoms with Crippen LogP contribution in [-0.2, 0) is 0 Å². The lowest BCUT2D eigenvalue weighted by Gasteiger charge is -2.24. The van der Waals surface area contributed by atoms with Gasteiger partial charge in [-0.25, -0.2) is 0 Å². The van der Waals surface area contributed by atoms with Gasteiger partial charge in [-0.1, -0.05) is 6.07 Å². The molecule has 0 heterocycles. The molecule has 0 saturated carbocycles. The van der Waals surface area contributed by atoms with Crippen LogP contribution in [0.4, 0.5) is 5.69 Å². The zero-order valence-corrected chi connectivity index (χ0v) is 11.9. The summed E-state index contributed by atoms with van der Waals surface area (Å²) in [7, 11) is 7.65. The molecule has 0 unspecified atom stereocenters. The van der Waals surface area contributed by atoms with E-state index in [1.807, 2.05) is 39.3 Å². The van der Waals surface area contributed by atoms with Crippen molar-refractivity contribution < 1.29 is 9.53 Å². The van der Waals surface area contributed by atoms with Crippen molar-refractivity contribution in [3.8, 4) is 5.75 Å². The standard InChI is InChI=1S/C14H22N2O2/c1-11(17)14-12(7-6-8-13(14)18-5)16(4)10-9-15(2)3/h6-8H,9-10H2,1-5H3. The number of ketones is 1. The molecule has 0 aliphatic rings. The van der Waals surface area contributed by atoms with Crippen LogP contribution >= 0.6 is 0 Å². The summed E-state index contributed by atoms with van der Waals surface area (Å²) >= 11 is 0. The van der Waals surface area contributed by atoms with Crippen molar-refractivity contribution in [2.24, 2.45) is 0 Å². The maximum Gasteiger partial charge on any atom is 0.165 e. The molecule has 0 aromatic heterocycles. The van der Waals surface area contributed by atoms with E-state index in [2.05, 4.69) is 9.80 Å². The van der Waals surface area contributed by atoms with Gasteiger partial charge in [0.2, 0.25) is 0 Å². The summed E-state index contributed by atoms with van der Waals surface area (Å²) in [6.07, 6.45) is 0. The van der Waals surface area contributed by atoms with Crippen LogP contribution < -0.4 is 9.64 Å². The van der Waals surface area contributed by atoms with E-state index in [1.165, 1.54) is 0 Å². The van der Waals surface area contributed by atoms with Crippen molar-refractivity contribution in [1.82, 2.24) is 4.90 Å². The van der Waals surface area contributed by atoms with Crippen molar-refractivity contribution in [3.05, 3.63) is 23.8 Å². The van der Waals surface area contributed by atoms with E-state index < -0.39 is 0 Å². The molecule has 0 radical (unpaired) electrons. The molecule has 18 heavy (non-hydrogen) atoms. The Labute approximate surface area is 109 Å². The minimum atomic E-state index is 0.0270. The number of hydrogen-bond donors (Lipinski definition) is 0. The van der Waals surface area contributed by atoms with Gasteiger partial charge in [-0.2, -0.15) is 0 Å². The molecule has 1 aromatic rings. The third-order valence-electron chi connectivity index (χ3n) is 2.87. The van der Waals surface area contributed by atoms with E-state index in [4.69, 9.17) is 4.74 Å². The van der Waals surface area contributed by atoms with Crippen LogP contribution in [0.2, 0.25) is 0 Å². The highest BCUT2D eigenvalue weighted by Crippen LogP contribution is 2.29. The van der Waals surface area contributed by atoms with Crippen LogP contribution in [0, 0.1) is 0 Å². The predicted molar refractivity (Wildman–Crippen MR) is 74.8 cm³/mol. The summed E-state index contributed by atoms with van der Waals surface area (Å²) in [5.41, 5.74) is 1.57. The van der Waals surface area contributed by atoms with Crippen LogP contribution in [-0.4, -0.2) is 52.0 Å². The average molecular weight is 250 g/mol. The molecule has 0 bridgehead atoms. The van der Waals surface area contributed by atoms with E-state index in [9.17, 15) is 4.79 Å². The van der Waals surface area contributed by atoms with Crippen LogP contribution in [0.25, 0.3) is 0 Å². The molecule has 100 valence electrons. The number of likely N-dealkylation sites (N-methyl/N-ethyl adjacent to an activating group) is 2. The Kier molecular flexibility index (Phi) is 5.16. The highest BCUT2D eigenvalue weighted by Gasteiger charge is 2.16. The smallest absolute Gasteiger partial charge is 0.165 e. The van der Waals surface area contributed by atoms with Gasteiger partial charge in [-0.15, -0.1) is 0 Å². The molecule has 0 aliphatic carbocycles. The van der Waals surface area contributed by atoms with Gasteiger partial charge < -0.3 is 14.5 Å². The van der Waals surface area contributed by atoms with Crippen molar-refractivity contribution in [2.75, 3.05) is 46.2 Å². The molecule has 0 aliphatic heterocycles. The van der Waals surface area contributed by atoms with E-state index in [0.29, 0.717) is 11.3 Å². The third-order valence-corrected chi connectivity index (χ3v) is 2.87. The minimum absolute atomic E-state index is 0.0270. The Bertz CT molecular complexity index is 416. The molecule has 1 aromatic carbocycles. The number of methoxy groups -OCH3 is 1. The molecule has 0 saturated heterocycles. The lowest BCUT2D eigenvalue weighted by atomic mass is 10.1. The first-order valence-corrected chi connectivity index (χ1v) is 6.01. The van der Waals surface area contributed by atoms with E-state index in [-0.39, 0.29) is 5.78 Å². The number of benzene rings is 1. The topological polar surface area (TPSA) is 32.8 Å². The number of anilines is 1. The number of ether oxygens (including phenoxy) is 1. The summed E-state index contributed by atoms with van der Waals surface area (Å²) in [6, 6.07) is 5.68. The highest BCUT2D eigenvalue weighted by molar-refractivity contribution is 6.02. The van der Waals surface area contributed by atoms with Gasteiger partial charge in [0.05, 0.1) is 18.4 Å². The second-order valence-electron chi connectivity index (χ2n) is 4.64. The Hall–Kier alpha value is -1.55. The molecular weight excluding hydrogens is 228 g/mol. The number of nitrogens with zero attached hydrogens (tertiary/aromatic N) is 2. The third kappa shape index (κ3) is 3.47. The Balaban J connectivity index is 3.03. The molecule has 4 nitrogen and oxygen atoms in total. The van der Waals surface area contributed by atoms with Crippen LogP contribution in [0.5, 0.6) is 5.75 Å². The predicted octanol–water partition coefficient (Wildman–Crippen LogP) is 1.90. The summed E-state index contributed by atoms with van der Waals surface area (Å²) in [6.45, 7) is 3.37. The first-order valence-electron chi connectivity index (χ1n) is 6.01. The molecule has 1 rings (SSSR count). The molecular formula is C14H22N2O2. The number of rotatable bonds is 6. The van der Waals surface area contributed by atoms with Crippen LogP contribution in [0.3, 0.4) is 0 Å². The zero-order chi connectivity index (χ0) is 13.7. The zero-order valence-electron chi connectivity index (χ0n) is 11.9. The van der Waals surface area contributed by atoms with E-state index in [1.54, 1.807) is 14.0 Å². The van der Waals surface area contributed by atoms with Crippen LogP contribution in [0.15, 0.2) is 18.2 Å². The van der Waals surface area contributed by atoms with E-state index in [0.717, 1.165) is 18.8 Å². The maximum absolute atomic E-state index is 11.8. The first kappa shape index (κ1) is 14.5. The van der Waals surface area contributed by atoms with Gasteiger partial charge in [-0.05, 0) is 33.2 Å². The normalized spacial score (nSPS) is 10.6.